The van der Waals surface area contributed by atoms with Gasteiger partial charge in [0, 0.05) is 99.2 Å². The van der Waals surface area contributed by atoms with Gasteiger partial charge in [-0.05, 0) is 181 Å². The van der Waals surface area contributed by atoms with Crippen LogP contribution < -0.4 is 25.4 Å². The minimum atomic E-state index is -0.425. The minimum absolute atomic E-state index is 0.274. The Morgan fingerprint density at radius 3 is 1.38 bits per heavy atom. The highest BCUT2D eigenvalue weighted by Crippen LogP contribution is 2.37. The molecular weight excluding hydrogens is 1090 g/mol. The molecule has 0 unspecified atom stereocenters. The lowest BCUT2D eigenvalue weighted by Gasteiger charge is -2.22. The van der Waals surface area contributed by atoms with Crippen LogP contribution in [0.15, 0.2) is 122 Å². The smallest absolute Gasteiger partial charge is 0.196 e. The zero-order valence-electron chi connectivity index (χ0n) is 48.6. The van der Waals surface area contributed by atoms with Gasteiger partial charge in [-0.2, -0.15) is 10.2 Å². The third kappa shape index (κ3) is 11.4. The van der Waals surface area contributed by atoms with Crippen molar-refractivity contribution in [2.24, 2.45) is 7.05 Å². The van der Waals surface area contributed by atoms with Gasteiger partial charge in [0.1, 0.15) is 45.3 Å². The van der Waals surface area contributed by atoms with E-state index in [-0.39, 0.29) is 23.1 Å². The summed E-state index contributed by atoms with van der Waals surface area (Å²) in [5.74, 6) is 0.992. The zero-order chi connectivity index (χ0) is 59.2. The molecule has 0 radical (unpaired) electrons. The molecule has 19 heteroatoms. The second-order valence-electron chi connectivity index (χ2n) is 22.7. The maximum absolute atomic E-state index is 15.1. The molecule has 86 heavy (non-hydrogen) atoms. The minimum Gasteiger partial charge on any atom is -0.494 e. The van der Waals surface area contributed by atoms with Gasteiger partial charge in [0.25, 0.3) is 0 Å². The van der Waals surface area contributed by atoms with Crippen LogP contribution in [0.4, 0.5) is 17.6 Å². The van der Waals surface area contributed by atoms with Crippen molar-refractivity contribution < 1.29 is 27.0 Å². The Hall–Kier alpha value is -8.91. The number of benzene rings is 4. The molecule has 15 rings (SSSR count). The van der Waals surface area contributed by atoms with E-state index >= 15 is 8.78 Å². The molecule has 0 aliphatic carbocycles. The van der Waals surface area contributed by atoms with Crippen LogP contribution in [0.1, 0.15) is 84.7 Å². The summed E-state index contributed by atoms with van der Waals surface area (Å²) in [5.41, 5.74) is 11.6. The topological polar surface area (TPSA) is 159 Å². The van der Waals surface area contributed by atoms with Gasteiger partial charge in [-0.25, -0.2) is 47.0 Å². The number of hydrogen-bond donors (Lipinski definition) is 3. The molecule has 0 bridgehead atoms. The van der Waals surface area contributed by atoms with Gasteiger partial charge < -0.3 is 29.8 Å². The van der Waals surface area contributed by atoms with Gasteiger partial charge in [0.2, 0.25) is 0 Å². The van der Waals surface area contributed by atoms with Gasteiger partial charge in [-0.3, -0.25) is 4.68 Å². The monoisotopic (exact) mass is 1160 g/mol. The lowest BCUT2D eigenvalue weighted by atomic mass is 9.93. The van der Waals surface area contributed by atoms with Crippen molar-refractivity contribution in [2.45, 2.75) is 70.1 Å². The first-order chi connectivity index (χ1) is 41.8. The van der Waals surface area contributed by atoms with Crippen LogP contribution in [0.2, 0.25) is 0 Å². The van der Waals surface area contributed by atoms with E-state index in [0.717, 1.165) is 144 Å². The fourth-order valence-corrected chi connectivity index (χ4v) is 12.4. The van der Waals surface area contributed by atoms with Crippen LogP contribution in [-0.2, 0) is 7.05 Å². The summed E-state index contributed by atoms with van der Waals surface area (Å²) in [6.07, 6.45) is 13.5. The molecular formula is C67H65F4N13O2. The molecule has 11 heterocycles. The van der Waals surface area contributed by atoms with Gasteiger partial charge >= 0.3 is 0 Å². The van der Waals surface area contributed by atoms with E-state index in [1.54, 1.807) is 52.3 Å². The lowest BCUT2D eigenvalue weighted by Crippen LogP contribution is -2.27. The molecule has 3 saturated heterocycles. The number of fused-ring (bicyclic) bond motifs is 6. The Labute approximate surface area is 493 Å². The van der Waals surface area contributed by atoms with E-state index in [1.807, 2.05) is 100 Å². The first-order valence-electron chi connectivity index (χ1n) is 29.3. The molecule has 0 atom stereocenters. The van der Waals surface area contributed by atoms with Crippen molar-refractivity contribution in [1.82, 2.24) is 64.7 Å². The summed E-state index contributed by atoms with van der Waals surface area (Å²) in [6.45, 7) is 9.59. The highest BCUT2D eigenvalue weighted by molar-refractivity contribution is 5.92. The largest absolute Gasteiger partial charge is 0.494 e. The number of aryl methyl sites for hydroxylation is 3. The third-order valence-electron chi connectivity index (χ3n) is 16.8. The fraction of sp³-hybridized carbons (Fsp3) is 0.299. The SMILES string of the molecule is COc1cc(-c2cc(F)c3nc(C4CCNCC4)ccc3c2)cc2cn(C)nc12.COc1cc(-c2cc(F)c3nc(C4CCNCC4)ccc3c2)nn2cc(C)nc12.Cc1cn2cc(-c3cc(F)c4nc(C5CCNCC5)ccc4c3)cc(F)c2n1. The van der Waals surface area contributed by atoms with Crippen molar-refractivity contribution in [2.75, 3.05) is 53.5 Å². The van der Waals surface area contributed by atoms with E-state index in [0.29, 0.717) is 73.8 Å². The predicted octanol–water partition coefficient (Wildman–Crippen LogP) is 12.9. The summed E-state index contributed by atoms with van der Waals surface area (Å²) in [4.78, 5) is 22.5. The van der Waals surface area contributed by atoms with E-state index in [1.165, 1.54) is 18.2 Å². The Morgan fingerprint density at radius 2 is 0.860 bits per heavy atom. The molecule has 12 aromatic rings. The number of nitrogens with one attached hydrogen (secondary N) is 3. The lowest BCUT2D eigenvalue weighted by molar-refractivity contribution is 0.416. The van der Waals surface area contributed by atoms with Crippen molar-refractivity contribution in [1.29, 1.82) is 0 Å². The number of halogens is 4. The van der Waals surface area contributed by atoms with Gasteiger partial charge in [-0.1, -0.05) is 18.2 Å². The van der Waals surface area contributed by atoms with Gasteiger partial charge in [0.05, 0.1) is 37.5 Å². The first-order valence-corrected chi connectivity index (χ1v) is 29.3. The normalized spacial score (nSPS) is 15.4. The summed E-state index contributed by atoms with van der Waals surface area (Å²) in [5, 5.41) is 22.3. The molecule has 15 nitrogen and oxygen atoms in total. The molecule has 0 spiro atoms. The van der Waals surface area contributed by atoms with Crippen LogP contribution in [0.5, 0.6) is 11.5 Å². The molecule has 3 aliphatic rings. The van der Waals surface area contributed by atoms with E-state index in [4.69, 9.17) is 9.47 Å². The predicted molar refractivity (Wildman–Crippen MR) is 328 cm³/mol. The van der Waals surface area contributed by atoms with Crippen LogP contribution in [0, 0.1) is 37.1 Å². The summed E-state index contributed by atoms with van der Waals surface area (Å²) in [7, 11) is 5.09. The second-order valence-corrected chi connectivity index (χ2v) is 22.7. The number of ether oxygens (including phenoxy) is 2. The Balaban J connectivity index is 0.000000120. The van der Waals surface area contributed by atoms with Crippen molar-refractivity contribution in [3.05, 3.63) is 174 Å². The number of rotatable bonds is 8. The molecule has 0 amide bonds. The number of nitrogens with zero attached hydrogens (tertiary/aromatic N) is 10. The van der Waals surface area contributed by atoms with Crippen LogP contribution in [0.3, 0.4) is 0 Å². The molecule has 3 N–H and O–H groups in total. The van der Waals surface area contributed by atoms with E-state index in [2.05, 4.69) is 51.1 Å². The Kier molecular flexibility index (Phi) is 15.6. The maximum atomic E-state index is 15.1. The average molecular weight is 1160 g/mol. The number of aromatic nitrogens is 10. The number of piperidine rings is 3. The van der Waals surface area contributed by atoms with Crippen LogP contribution in [0.25, 0.3) is 88.4 Å². The first kappa shape index (κ1) is 56.2. The fourth-order valence-electron chi connectivity index (χ4n) is 12.4. The van der Waals surface area contributed by atoms with Crippen molar-refractivity contribution in [3.8, 4) is 45.0 Å². The molecule has 0 saturated carbocycles. The van der Waals surface area contributed by atoms with Gasteiger partial charge in [-0.15, -0.1) is 0 Å². The van der Waals surface area contributed by atoms with Gasteiger partial charge in [0.15, 0.2) is 22.9 Å². The number of methoxy groups -OCH3 is 2. The third-order valence-corrected chi connectivity index (χ3v) is 16.8. The standard InChI is InChI=1S/C23H23FN4O.C22H20F2N4.C22H22FN5O/c1-28-13-18-10-17(12-21(29-2)23(18)27-28)16-9-15-3-4-20(14-5-7-25-8-6-14)26-22(15)19(24)11-16;1-13-11-28-12-17(10-19(24)22(28)26-13)16-8-15-2-3-20(14-4-6-25-7-5-14)27-21(15)18(23)9-16;1-13-12-28-22(25-13)20(29-2)11-19(27-28)16-9-15-3-4-18(14-5-7-24-8-6-14)26-21(15)17(23)10-16/h3-4,9-14,25H,5-8H2,1-2H3;2-3,8-12,14,25H,4-7H2,1H3;3-4,9-12,14,24H,5-8H2,1-2H3. The Bertz CT molecular complexity index is 4330. The molecule has 4 aromatic carbocycles. The van der Waals surface area contributed by atoms with E-state index < -0.39 is 5.82 Å². The number of imidazole rings is 2. The number of hydrogen-bond acceptors (Lipinski definition) is 12. The highest BCUT2D eigenvalue weighted by Gasteiger charge is 2.23. The van der Waals surface area contributed by atoms with Crippen molar-refractivity contribution >= 4 is 54.9 Å². The molecule has 3 fully saturated rings. The molecule has 8 aromatic heterocycles. The number of pyridine rings is 4. The summed E-state index contributed by atoms with van der Waals surface area (Å²) in [6, 6.07) is 29.3. The second kappa shape index (κ2) is 23.9. The summed E-state index contributed by atoms with van der Waals surface area (Å²) >= 11 is 0. The molecule has 3 aliphatic heterocycles. The molecule has 438 valence electrons. The Morgan fingerprint density at radius 1 is 0.419 bits per heavy atom. The van der Waals surface area contributed by atoms with Crippen LogP contribution >= 0.6 is 0 Å². The summed E-state index contributed by atoms with van der Waals surface area (Å²) < 4.78 is 75.5. The van der Waals surface area contributed by atoms with E-state index in [9.17, 15) is 8.78 Å². The highest BCUT2D eigenvalue weighted by atomic mass is 19.1. The zero-order valence-corrected chi connectivity index (χ0v) is 48.6. The maximum Gasteiger partial charge on any atom is 0.196 e. The quantitative estimate of drug-likeness (QED) is 0.124. The van der Waals surface area contributed by atoms with Crippen molar-refractivity contribution in [3.63, 3.8) is 0 Å². The average Bonchev–Trinajstić information content (AvgIpc) is 1.54. The van der Waals surface area contributed by atoms with Crippen LogP contribution in [-0.4, -0.2) is 102 Å².